The van der Waals surface area contributed by atoms with Gasteiger partial charge in [-0.05, 0) is 57.8 Å². The number of guanidine groups is 1. The molecule has 1 fully saturated rings. The van der Waals surface area contributed by atoms with E-state index in [9.17, 15) is 0 Å². The van der Waals surface area contributed by atoms with Gasteiger partial charge in [0.25, 0.3) is 0 Å². The van der Waals surface area contributed by atoms with Gasteiger partial charge in [-0.25, -0.2) is 0 Å². The van der Waals surface area contributed by atoms with Gasteiger partial charge in [-0.15, -0.1) is 0 Å². The molecule has 1 atom stereocenters. The van der Waals surface area contributed by atoms with Crippen molar-refractivity contribution in [1.82, 2.24) is 20.4 Å². The smallest absolute Gasteiger partial charge is 0.191 e. The van der Waals surface area contributed by atoms with E-state index in [0.717, 1.165) is 36.7 Å². The van der Waals surface area contributed by atoms with Crippen LogP contribution in [0.5, 0.6) is 5.75 Å². The Bertz CT molecular complexity index is 640. The summed E-state index contributed by atoms with van der Waals surface area (Å²) in [7, 11) is 1.83. The third kappa shape index (κ3) is 8.52. The summed E-state index contributed by atoms with van der Waals surface area (Å²) in [4.78, 5) is 9.49. The molecule has 1 aromatic rings. The van der Waals surface area contributed by atoms with E-state index in [1.54, 1.807) is 0 Å². The third-order valence-corrected chi connectivity index (χ3v) is 5.90. The van der Waals surface area contributed by atoms with Crippen LogP contribution in [0.25, 0.3) is 0 Å². The van der Waals surface area contributed by atoms with Gasteiger partial charge in [0.15, 0.2) is 5.96 Å². The molecule has 0 radical (unpaired) electrons. The number of likely N-dealkylation sites (N-methyl/N-ethyl adjacent to an activating group) is 1. The Morgan fingerprint density at radius 3 is 2.50 bits per heavy atom. The Morgan fingerprint density at radius 1 is 1.10 bits per heavy atom. The number of unbranched alkanes of at least 4 members (excludes halogenated alkanes) is 1. The second kappa shape index (κ2) is 13.5. The van der Waals surface area contributed by atoms with Crippen molar-refractivity contribution in [2.45, 2.75) is 59.6 Å². The molecule has 6 heteroatoms. The van der Waals surface area contributed by atoms with E-state index in [2.05, 4.69) is 71.3 Å². The molecule has 0 amide bonds. The first-order valence-electron chi connectivity index (χ1n) is 11.7. The Hall–Kier alpha value is -1.79. The summed E-state index contributed by atoms with van der Waals surface area (Å²) < 4.78 is 6.12. The summed E-state index contributed by atoms with van der Waals surface area (Å²) in [6.07, 6.45) is 3.59. The van der Waals surface area contributed by atoms with Crippen LogP contribution in [0.2, 0.25) is 0 Å². The summed E-state index contributed by atoms with van der Waals surface area (Å²) in [6, 6.07) is 6.41. The van der Waals surface area contributed by atoms with Crippen molar-refractivity contribution < 1.29 is 4.74 Å². The van der Waals surface area contributed by atoms with Crippen LogP contribution in [0.15, 0.2) is 23.2 Å². The first kappa shape index (κ1) is 24.5. The van der Waals surface area contributed by atoms with Crippen LogP contribution >= 0.6 is 0 Å². The molecule has 0 bridgehead atoms. The molecule has 1 unspecified atom stereocenters. The zero-order chi connectivity index (χ0) is 21.8. The van der Waals surface area contributed by atoms with Gasteiger partial charge < -0.3 is 25.2 Å². The maximum absolute atomic E-state index is 6.12. The molecule has 6 nitrogen and oxygen atoms in total. The summed E-state index contributed by atoms with van der Waals surface area (Å²) in [5, 5.41) is 6.88. The molecule has 1 aliphatic heterocycles. The molecular weight excluding hydrogens is 374 g/mol. The number of ether oxygens (including phenoxy) is 1. The molecule has 0 aromatic heterocycles. The number of hydrogen-bond acceptors (Lipinski definition) is 4. The lowest BCUT2D eigenvalue weighted by Gasteiger charge is -2.34. The topological polar surface area (TPSA) is 52.1 Å². The molecule has 0 spiro atoms. The second-order valence-electron chi connectivity index (χ2n) is 8.28. The Morgan fingerprint density at radius 2 is 1.83 bits per heavy atom. The van der Waals surface area contributed by atoms with Gasteiger partial charge in [0.2, 0.25) is 0 Å². The molecule has 0 saturated carbocycles. The summed E-state index contributed by atoms with van der Waals surface area (Å²) in [5.74, 6) is 1.82. The SMILES string of the molecule is CCC(C)Oc1cc(C)ccc1CNC(=NC)NCCCCN1CCN(CC)CC1. The molecule has 1 saturated heterocycles. The molecule has 1 aliphatic rings. The maximum atomic E-state index is 6.12. The van der Waals surface area contributed by atoms with E-state index >= 15 is 0 Å². The van der Waals surface area contributed by atoms with Crippen molar-refractivity contribution in [2.24, 2.45) is 4.99 Å². The first-order valence-corrected chi connectivity index (χ1v) is 11.7. The highest BCUT2D eigenvalue weighted by Gasteiger charge is 2.14. The summed E-state index contributed by atoms with van der Waals surface area (Å²) in [6.45, 7) is 17.5. The maximum Gasteiger partial charge on any atom is 0.191 e. The predicted molar refractivity (Wildman–Crippen MR) is 128 cm³/mol. The number of nitrogens with one attached hydrogen (secondary N) is 2. The van der Waals surface area contributed by atoms with E-state index in [-0.39, 0.29) is 6.10 Å². The zero-order valence-corrected chi connectivity index (χ0v) is 19.8. The van der Waals surface area contributed by atoms with Crippen LogP contribution in [-0.2, 0) is 6.54 Å². The van der Waals surface area contributed by atoms with Gasteiger partial charge in [-0.3, -0.25) is 4.99 Å². The van der Waals surface area contributed by atoms with Gasteiger partial charge >= 0.3 is 0 Å². The van der Waals surface area contributed by atoms with Crippen molar-refractivity contribution in [3.63, 3.8) is 0 Å². The largest absolute Gasteiger partial charge is 0.490 e. The van der Waals surface area contributed by atoms with Gasteiger partial charge in [0.1, 0.15) is 5.75 Å². The molecule has 170 valence electrons. The molecule has 2 N–H and O–H groups in total. The Labute approximate surface area is 184 Å². The fraction of sp³-hybridized carbons (Fsp3) is 0.708. The number of aryl methyl sites for hydroxylation is 1. The first-order chi connectivity index (χ1) is 14.5. The number of hydrogen-bond donors (Lipinski definition) is 2. The number of benzene rings is 1. The van der Waals surface area contributed by atoms with Crippen LogP contribution in [-0.4, -0.2) is 74.7 Å². The molecule has 1 heterocycles. The second-order valence-corrected chi connectivity index (χ2v) is 8.28. The van der Waals surface area contributed by atoms with Crippen molar-refractivity contribution in [3.8, 4) is 5.75 Å². The predicted octanol–water partition coefficient (Wildman–Crippen LogP) is 3.26. The fourth-order valence-corrected chi connectivity index (χ4v) is 3.61. The third-order valence-electron chi connectivity index (χ3n) is 5.90. The van der Waals surface area contributed by atoms with E-state index in [1.165, 1.54) is 51.3 Å². The number of aliphatic imine (C=N–C) groups is 1. The van der Waals surface area contributed by atoms with Gasteiger partial charge in [-0.2, -0.15) is 0 Å². The van der Waals surface area contributed by atoms with Crippen molar-refractivity contribution in [1.29, 1.82) is 0 Å². The molecule has 30 heavy (non-hydrogen) atoms. The molecule has 2 rings (SSSR count). The minimum atomic E-state index is 0.216. The number of piperazine rings is 1. The van der Waals surface area contributed by atoms with Crippen molar-refractivity contribution in [2.75, 3.05) is 52.9 Å². The number of rotatable bonds is 11. The van der Waals surface area contributed by atoms with Gasteiger partial charge in [0, 0.05) is 51.9 Å². The Kier molecular flexibility index (Phi) is 11.0. The van der Waals surface area contributed by atoms with E-state index in [4.69, 9.17) is 4.74 Å². The lowest BCUT2D eigenvalue weighted by atomic mass is 10.1. The van der Waals surface area contributed by atoms with E-state index in [0.29, 0.717) is 6.54 Å². The fourth-order valence-electron chi connectivity index (χ4n) is 3.61. The quantitative estimate of drug-likeness (QED) is 0.329. The lowest BCUT2D eigenvalue weighted by molar-refractivity contribution is 0.136. The summed E-state index contributed by atoms with van der Waals surface area (Å²) >= 11 is 0. The van der Waals surface area contributed by atoms with Gasteiger partial charge in [-0.1, -0.05) is 26.0 Å². The zero-order valence-electron chi connectivity index (χ0n) is 19.8. The normalized spacial score (nSPS) is 17.0. The molecule has 0 aliphatic carbocycles. The average molecular weight is 418 g/mol. The molecule has 1 aromatic carbocycles. The molecular formula is C24H43N5O. The minimum absolute atomic E-state index is 0.216. The highest BCUT2D eigenvalue weighted by Crippen LogP contribution is 2.22. The minimum Gasteiger partial charge on any atom is -0.490 e. The van der Waals surface area contributed by atoms with Crippen molar-refractivity contribution in [3.05, 3.63) is 29.3 Å². The van der Waals surface area contributed by atoms with Gasteiger partial charge in [0.05, 0.1) is 6.10 Å². The monoisotopic (exact) mass is 417 g/mol. The Balaban J connectivity index is 1.69. The van der Waals surface area contributed by atoms with Crippen LogP contribution in [0, 0.1) is 6.92 Å². The number of nitrogens with zero attached hydrogens (tertiary/aromatic N) is 3. The van der Waals surface area contributed by atoms with E-state index < -0.39 is 0 Å². The van der Waals surface area contributed by atoms with Crippen LogP contribution < -0.4 is 15.4 Å². The van der Waals surface area contributed by atoms with Crippen LogP contribution in [0.3, 0.4) is 0 Å². The van der Waals surface area contributed by atoms with Crippen LogP contribution in [0.4, 0.5) is 0 Å². The van der Waals surface area contributed by atoms with Crippen molar-refractivity contribution >= 4 is 5.96 Å². The standard InChI is InChI=1S/C24H43N5O/c1-6-21(4)30-23-18-20(3)10-11-22(23)19-27-24(25-5)26-12-8-9-13-29-16-14-28(7-2)15-17-29/h10-11,18,21H,6-9,12-17,19H2,1-5H3,(H2,25,26,27). The highest BCUT2D eigenvalue weighted by atomic mass is 16.5. The summed E-state index contributed by atoms with van der Waals surface area (Å²) in [5.41, 5.74) is 2.38. The highest BCUT2D eigenvalue weighted by molar-refractivity contribution is 5.79. The average Bonchev–Trinajstić information content (AvgIpc) is 2.77. The lowest BCUT2D eigenvalue weighted by Crippen LogP contribution is -2.46. The van der Waals surface area contributed by atoms with E-state index in [1.807, 2.05) is 7.05 Å². The van der Waals surface area contributed by atoms with Crippen LogP contribution in [0.1, 0.15) is 51.2 Å².